The molecule has 0 saturated carbocycles. The zero-order valence-corrected chi connectivity index (χ0v) is 11.8. The van der Waals surface area contributed by atoms with Gasteiger partial charge in [-0.3, -0.25) is 4.79 Å². The van der Waals surface area contributed by atoms with Crippen LogP contribution >= 0.6 is 0 Å². The topological polar surface area (TPSA) is 55.1 Å². The van der Waals surface area contributed by atoms with Crippen molar-refractivity contribution < 1.29 is 4.79 Å². The van der Waals surface area contributed by atoms with Crippen LogP contribution in [0, 0.1) is 18.8 Å². The van der Waals surface area contributed by atoms with Gasteiger partial charge in [0.05, 0.1) is 6.54 Å². The third kappa shape index (κ3) is 6.08. The Labute approximate surface area is 115 Å². The van der Waals surface area contributed by atoms with Gasteiger partial charge in [0, 0.05) is 17.7 Å². The van der Waals surface area contributed by atoms with E-state index in [2.05, 4.69) is 24.1 Å². The number of rotatable bonds is 5. The predicted octanol–water partition coefficient (Wildman–Crippen LogP) is 2.82. The molecule has 0 aliphatic heterocycles. The van der Waals surface area contributed by atoms with Gasteiger partial charge in [-0.25, -0.2) is 0 Å². The summed E-state index contributed by atoms with van der Waals surface area (Å²) in [4.78, 5) is 11.8. The molecular weight excluding hydrogens is 236 g/mol. The van der Waals surface area contributed by atoms with E-state index in [1.807, 2.05) is 25.1 Å². The molecule has 3 nitrogen and oxygen atoms in total. The maximum Gasteiger partial charge on any atom is 0.224 e. The number of anilines is 1. The minimum Gasteiger partial charge on any atom is -0.326 e. The molecule has 3 heteroatoms. The average molecular weight is 258 g/mol. The van der Waals surface area contributed by atoms with Gasteiger partial charge in [0.25, 0.3) is 0 Å². The van der Waals surface area contributed by atoms with Crippen molar-refractivity contribution in [2.45, 2.75) is 39.5 Å². The fourth-order valence-corrected chi connectivity index (χ4v) is 1.84. The number of hydrogen-bond donors (Lipinski definition) is 2. The number of carbonyl (C=O) groups excluding carboxylic acids is 1. The summed E-state index contributed by atoms with van der Waals surface area (Å²) < 4.78 is 0. The Balaban J connectivity index is 2.67. The molecule has 0 heterocycles. The molecule has 0 saturated heterocycles. The Kier molecular flexibility index (Phi) is 6.70. The fraction of sp³-hybridized carbons (Fsp3) is 0.438. The molecule has 0 radical (unpaired) electrons. The second kappa shape index (κ2) is 8.34. The molecular formula is C16H22N2O. The van der Waals surface area contributed by atoms with Crippen LogP contribution < -0.4 is 11.1 Å². The Bertz CT molecular complexity index is 483. The van der Waals surface area contributed by atoms with Gasteiger partial charge in [0.1, 0.15) is 0 Å². The Morgan fingerprint density at radius 1 is 1.32 bits per heavy atom. The van der Waals surface area contributed by atoms with Gasteiger partial charge in [0.15, 0.2) is 0 Å². The molecule has 0 aliphatic carbocycles. The van der Waals surface area contributed by atoms with Crippen LogP contribution in [-0.4, -0.2) is 12.5 Å². The van der Waals surface area contributed by atoms with E-state index >= 15 is 0 Å². The molecule has 1 rings (SSSR count). The number of hydrogen-bond acceptors (Lipinski definition) is 2. The van der Waals surface area contributed by atoms with Gasteiger partial charge in [-0.2, -0.15) is 0 Å². The van der Waals surface area contributed by atoms with E-state index in [1.165, 1.54) is 0 Å². The summed E-state index contributed by atoms with van der Waals surface area (Å²) >= 11 is 0. The molecule has 0 unspecified atom stereocenters. The molecule has 0 aliphatic rings. The van der Waals surface area contributed by atoms with Gasteiger partial charge in [-0.05, 0) is 37.1 Å². The van der Waals surface area contributed by atoms with Gasteiger partial charge in [0.2, 0.25) is 5.91 Å². The van der Waals surface area contributed by atoms with Gasteiger partial charge in [-0.1, -0.05) is 31.6 Å². The van der Waals surface area contributed by atoms with E-state index in [0.717, 1.165) is 36.1 Å². The normalized spacial score (nSPS) is 9.63. The Morgan fingerprint density at radius 2 is 2.11 bits per heavy atom. The summed E-state index contributed by atoms with van der Waals surface area (Å²) in [7, 11) is 0. The van der Waals surface area contributed by atoms with Gasteiger partial charge >= 0.3 is 0 Å². The van der Waals surface area contributed by atoms with E-state index in [4.69, 9.17) is 5.73 Å². The van der Waals surface area contributed by atoms with E-state index in [1.54, 1.807) is 0 Å². The number of nitrogens with one attached hydrogen (secondary N) is 1. The van der Waals surface area contributed by atoms with Gasteiger partial charge in [-0.15, -0.1) is 0 Å². The van der Waals surface area contributed by atoms with Crippen molar-refractivity contribution in [2.75, 3.05) is 11.9 Å². The molecule has 1 amide bonds. The van der Waals surface area contributed by atoms with E-state index in [0.29, 0.717) is 13.0 Å². The maximum absolute atomic E-state index is 11.8. The summed E-state index contributed by atoms with van der Waals surface area (Å²) in [5.74, 6) is 5.87. The second-order valence-corrected chi connectivity index (χ2v) is 4.60. The molecule has 3 N–H and O–H groups in total. The molecule has 102 valence electrons. The average Bonchev–Trinajstić information content (AvgIpc) is 2.36. The minimum atomic E-state index is 0.0665. The molecule has 0 aromatic heterocycles. The summed E-state index contributed by atoms with van der Waals surface area (Å²) in [6.07, 6.45) is 3.73. The molecule has 0 bridgehead atoms. The number of nitrogens with two attached hydrogens (primary N) is 1. The quantitative estimate of drug-likeness (QED) is 0.630. The first-order chi connectivity index (χ1) is 9.15. The Hall–Kier alpha value is -1.79. The summed E-state index contributed by atoms with van der Waals surface area (Å²) in [5, 5.41) is 2.92. The van der Waals surface area contributed by atoms with Crippen LogP contribution in [0.4, 0.5) is 5.69 Å². The molecule has 0 atom stereocenters. The molecule has 1 aromatic rings. The summed E-state index contributed by atoms with van der Waals surface area (Å²) in [5.41, 5.74) is 8.13. The number of benzene rings is 1. The zero-order valence-electron chi connectivity index (χ0n) is 11.8. The lowest BCUT2D eigenvalue weighted by molar-refractivity contribution is -0.116. The van der Waals surface area contributed by atoms with E-state index in [9.17, 15) is 4.79 Å². The Morgan fingerprint density at radius 3 is 2.79 bits per heavy atom. The third-order valence-corrected chi connectivity index (χ3v) is 2.70. The summed E-state index contributed by atoms with van der Waals surface area (Å²) in [6.45, 7) is 4.45. The SMILES string of the molecule is CCCCCC(=O)Nc1cc(C)cc(C#CCN)c1. The van der Waals surface area contributed by atoms with Crippen molar-refractivity contribution in [2.24, 2.45) is 5.73 Å². The van der Waals surface area contributed by atoms with Crippen molar-refractivity contribution in [1.82, 2.24) is 0 Å². The molecule has 0 fully saturated rings. The molecule has 1 aromatic carbocycles. The van der Waals surface area contributed by atoms with Crippen LogP contribution in [0.5, 0.6) is 0 Å². The highest BCUT2D eigenvalue weighted by atomic mass is 16.1. The highest BCUT2D eigenvalue weighted by molar-refractivity contribution is 5.90. The number of carbonyl (C=O) groups is 1. The number of amides is 1. The predicted molar refractivity (Wildman–Crippen MR) is 79.9 cm³/mol. The fourth-order valence-electron chi connectivity index (χ4n) is 1.84. The van der Waals surface area contributed by atoms with Crippen LogP contribution in [-0.2, 0) is 4.79 Å². The third-order valence-electron chi connectivity index (χ3n) is 2.70. The van der Waals surface area contributed by atoms with Gasteiger partial charge < -0.3 is 11.1 Å². The lowest BCUT2D eigenvalue weighted by Crippen LogP contribution is -2.11. The number of aryl methyl sites for hydroxylation is 1. The number of unbranched alkanes of at least 4 members (excludes halogenated alkanes) is 2. The summed E-state index contributed by atoms with van der Waals surface area (Å²) in [6, 6.07) is 5.81. The lowest BCUT2D eigenvalue weighted by atomic mass is 10.1. The van der Waals surface area contributed by atoms with Crippen LogP contribution in [0.2, 0.25) is 0 Å². The van der Waals surface area contributed by atoms with Crippen LogP contribution in [0.25, 0.3) is 0 Å². The monoisotopic (exact) mass is 258 g/mol. The smallest absolute Gasteiger partial charge is 0.224 e. The zero-order chi connectivity index (χ0) is 14.1. The second-order valence-electron chi connectivity index (χ2n) is 4.60. The van der Waals surface area contributed by atoms with Crippen LogP contribution in [0.3, 0.4) is 0 Å². The van der Waals surface area contributed by atoms with Crippen LogP contribution in [0.15, 0.2) is 18.2 Å². The first-order valence-corrected chi connectivity index (χ1v) is 6.76. The van der Waals surface area contributed by atoms with E-state index in [-0.39, 0.29) is 5.91 Å². The minimum absolute atomic E-state index is 0.0665. The standard InChI is InChI=1S/C16H22N2O/c1-3-4-5-8-16(19)18-15-11-13(2)10-14(12-15)7-6-9-17/h10-12H,3-5,8-9,17H2,1-2H3,(H,18,19). The molecule has 0 spiro atoms. The highest BCUT2D eigenvalue weighted by Gasteiger charge is 2.03. The van der Waals surface area contributed by atoms with Crippen molar-refractivity contribution >= 4 is 11.6 Å². The van der Waals surface area contributed by atoms with E-state index < -0.39 is 0 Å². The van der Waals surface area contributed by atoms with Crippen molar-refractivity contribution in [3.05, 3.63) is 29.3 Å². The van der Waals surface area contributed by atoms with Crippen LogP contribution in [0.1, 0.15) is 43.7 Å². The molecule has 19 heavy (non-hydrogen) atoms. The highest BCUT2D eigenvalue weighted by Crippen LogP contribution is 2.14. The van der Waals surface area contributed by atoms with Crippen molar-refractivity contribution in [3.63, 3.8) is 0 Å². The first kappa shape index (κ1) is 15.3. The maximum atomic E-state index is 11.8. The largest absolute Gasteiger partial charge is 0.326 e. The van der Waals surface area contributed by atoms with Crippen molar-refractivity contribution in [3.8, 4) is 11.8 Å². The lowest BCUT2D eigenvalue weighted by Gasteiger charge is -2.07. The van der Waals surface area contributed by atoms with Crippen molar-refractivity contribution in [1.29, 1.82) is 0 Å². The first-order valence-electron chi connectivity index (χ1n) is 6.76.